The van der Waals surface area contributed by atoms with Crippen LogP contribution in [-0.4, -0.2) is 73.1 Å². The second-order valence-corrected chi connectivity index (χ2v) is 7.28. The number of aliphatic hydroxyl groups is 4. The number of phenols is 3. The van der Waals surface area contributed by atoms with Crippen molar-refractivity contribution >= 4 is 11.0 Å². The molecule has 1 aliphatic heterocycles. The average Bonchev–Trinajstić information content (AvgIpc) is 2.77. The highest BCUT2D eigenvalue weighted by Crippen LogP contribution is 2.38. The quantitative estimate of drug-likeness (QED) is 0.261. The average molecular weight is 448 g/mol. The van der Waals surface area contributed by atoms with E-state index in [0.29, 0.717) is 0 Å². The highest BCUT2D eigenvalue weighted by Gasteiger charge is 2.45. The van der Waals surface area contributed by atoms with Gasteiger partial charge in [-0.05, 0) is 30.3 Å². The van der Waals surface area contributed by atoms with Gasteiger partial charge in [0.25, 0.3) is 0 Å². The van der Waals surface area contributed by atoms with Crippen LogP contribution in [0.15, 0.2) is 45.6 Å². The molecule has 0 saturated carbocycles. The Labute approximate surface area is 179 Å². The number of aliphatic hydroxyl groups excluding tert-OH is 4. The fourth-order valence-electron chi connectivity index (χ4n) is 3.39. The molecule has 1 aromatic heterocycles. The number of rotatable bonds is 4. The molecule has 11 nitrogen and oxygen atoms in total. The van der Waals surface area contributed by atoms with Gasteiger partial charge in [-0.25, -0.2) is 0 Å². The van der Waals surface area contributed by atoms with Crippen LogP contribution in [0.25, 0.3) is 22.3 Å². The summed E-state index contributed by atoms with van der Waals surface area (Å²) in [6.07, 6.45) is -7.74. The van der Waals surface area contributed by atoms with Gasteiger partial charge in [0.15, 0.2) is 28.3 Å². The summed E-state index contributed by atoms with van der Waals surface area (Å²) >= 11 is 0. The SMILES string of the molecule is O=c1cc(-c2ccc(O)c(O)c2)oc2c(O)c(O[C@@H]3O[C@H](CO)[C@@H](O)[C@H](O)[C@H]3O)ccc12. The van der Waals surface area contributed by atoms with E-state index in [2.05, 4.69) is 0 Å². The van der Waals surface area contributed by atoms with Gasteiger partial charge in [0.2, 0.25) is 12.0 Å². The van der Waals surface area contributed by atoms with Crippen LogP contribution in [-0.2, 0) is 4.74 Å². The molecular formula is C21H20O11. The predicted molar refractivity (Wildman–Crippen MR) is 107 cm³/mol. The zero-order valence-corrected chi connectivity index (χ0v) is 16.3. The van der Waals surface area contributed by atoms with Gasteiger partial charge in [0, 0.05) is 11.6 Å². The first-order valence-electron chi connectivity index (χ1n) is 9.50. The number of hydrogen-bond donors (Lipinski definition) is 7. The van der Waals surface area contributed by atoms with Gasteiger partial charge in [-0.1, -0.05) is 0 Å². The molecule has 170 valence electrons. The summed E-state index contributed by atoms with van der Waals surface area (Å²) in [5.74, 6) is -1.70. The monoisotopic (exact) mass is 448 g/mol. The summed E-state index contributed by atoms with van der Waals surface area (Å²) in [7, 11) is 0. The lowest BCUT2D eigenvalue weighted by Gasteiger charge is -2.39. The molecule has 0 aliphatic carbocycles. The fraction of sp³-hybridized carbons (Fsp3) is 0.286. The third-order valence-corrected chi connectivity index (χ3v) is 5.19. The van der Waals surface area contributed by atoms with Gasteiger partial charge in [-0.2, -0.15) is 0 Å². The van der Waals surface area contributed by atoms with Crippen LogP contribution < -0.4 is 10.2 Å². The van der Waals surface area contributed by atoms with Crippen LogP contribution in [0.3, 0.4) is 0 Å². The minimum atomic E-state index is -1.71. The van der Waals surface area contributed by atoms with Crippen molar-refractivity contribution < 1.29 is 49.6 Å². The summed E-state index contributed by atoms with van der Waals surface area (Å²) in [6, 6.07) is 7.44. The molecule has 32 heavy (non-hydrogen) atoms. The number of fused-ring (bicyclic) bond motifs is 1. The lowest BCUT2D eigenvalue weighted by molar-refractivity contribution is -0.277. The molecule has 5 atom stereocenters. The number of benzene rings is 2. The summed E-state index contributed by atoms with van der Waals surface area (Å²) < 4.78 is 16.3. The first-order valence-corrected chi connectivity index (χ1v) is 9.50. The fourth-order valence-corrected chi connectivity index (χ4v) is 3.39. The van der Waals surface area contributed by atoms with Gasteiger partial charge >= 0.3 is 0 Å². The van der Waals surface area contributed by atoms with E-state index in [1.54, 1.807) is 0 Å². The van der Waals surface area contributed by atoms with Gasteiger partial charge in [0.05, 0.1) is 12.0 Å². The number of ether oxygens (including phenoxy) is 2. The summed E-state index contributed by atoms with van der Waals surface area (Å²) in [5.41, 5.74) is -0.524. The molecule has 4 rings (SSSR count). The van der Waals surface area contributed by atoms with E-state index < -0.39 is 54.2 Å². The van der Waals surface area contributed by atoms with Crippen LogP contribution in [0.5, 0.6) is 23.0 Å². The third kappa shape index (κ3) is 3.72. The Morgan fingerprint density at radius 3 is 2.34 bits per heavy atom. The van der Waals surface area contributed by atoms with Crippen molar-refractivity contribution in [3.05, 3.63) is 46.6 Å². The molecule has 11 heteroatoms. The highest BCUT2D eigenvalue weighted by molar-refractivity contribution is 5.86. The van der Waals surface area contributed by atoms with Gasteiger partial charge in [-0.15, -0.1) is 0 Å². The zero-order valence-electron chi connectivity index (χ0n) is 16.3. The van der Waals surface area contributed by atoms with E-state index in [4.69, 9.17) is 13.9 Å². The number of aromatic hydroxyl groups is 3. The van der Waals surface area contributed by atoms with E-state index in [-0.39, 0.29) is 33.8 Å². The van der Waals surface area contributed by atoms with Gasteiger partial charge in [-0.3, -0.25) is 4.79 Å². The Morgan fingerprint density at radius 2 is 1.66 bits per heavy atom. The molecule has 1 aliphatic rings. The molecule has 7 N–H and O–H groups in total. The van der Waals surface area contributed by atoms with E-state index in [9.17, 15) is 40.5 Å². The molecule has 3 aromatic rings. The van der Waals surface area contributed by atoms with Crippen LogP contribution in [0.4, 0.5) is 0 Å². The Hall–Kier alpha value is -3.35. The Kier molecular flexibility index (Phi) is 5.67. The van der Waals surface area contributed by atoms with Crippen molar-refractivity contribution in [3.63, 3.8) is 0 Å². The molecule has 0 amide bonds. The Morgan fingerprint density at radius 1 is 0.906 bits per heavy atom. The third-order valence-electron chi connectivity index (χ3n) is 5.19. The topological polar surface area (TPSA) is 190 Å². The highest BCUT2D eigenvalue weighted by atomic mass is 16.7. The largest absolute Gasteiger partial charge is 0.504 e. The van der Waals surface area contributed by atoms with Crippen molar-refractivity contribution in [1.82, 2.24) is 0 Å². The van der Waals surface area contributed by atoms with Crippen LogP contribution in [0, 0.1) is 0 Å². The molecule has 0 bridgehead atoms. The van der Waals surface area contributed by atoms with Crippen molar-refractivity contribution in [3.8, 4) is 34.3 Å². The molecule has 1 saturated heterocycles. The summed E-state index contributed by atoms with van der Waals surface area (Å²) in [5, 5.41) is 69.0. The van der Waals surface area contributed by atoms with E-state index in [0.717, 1.165) is 6.07 Å². The standard InChI is InChI=1S/C21H20O11/c22-7-15-16(26)18(28)19(29)21(32-15)31-13-4-2-9-11(24)6-14(30-20(9)17(13)27)8-1-3-10(23)12(25)5-8/h1-6,15-16,18-19,21-23,25-29H,7H2/t15-,16-,18+,19-,21-/m1/s1. The molecular weight excluding hydrogens is 428 g/mol. The zero-order chi connectivity index (χ0) is 23.2. The summed E-state index contributed by atoms with van der Waals surface area (Å²) in [6.45, 7) is -0.660. The Bertz CT molecular complexity index is 1200. The van der Waals surface area contributed by atoms with Crippen LogP contribution in [0.1, 0.15) is 0 Å². The first kappa shape index (κ1) is 21.9. The molecule has 1 fully saturated rings. The van der Waals surface area contributed by atoms with Crippen LogP contribution in [0.2, 0.25) is 0 Å². The summed E-state index contributed by atoms with van der Waals surface area (Å²) in [4.78, 5) is 12.5. The lowest BCUT2D eigenvalue weighted by Crippen LogP contribution is -2.60. The second-order valence-electron chi connectivity index (χ2n) is 7.28. The van der Waals surface area contributed by atoms with Crippen molar-refractivity contribution in [2.45, 2.75) is 30.7 Å². The van der Waals surface area contributed by atoms with E-state index in [1.807, 2.05) is 0 Å². The molecule has 2 aromatic carbocycles. The smallest absolute Gasteiger partial charge is 0.229 e. The lowest BCUT2D eigenvalue weighted by atomic mass is 9.99. The van der Waals surface area contributed by atoms with E-state index >= 15 is 0 Å². The van der Waals surface area contributed by atoms with Gasteiger partial charge < -0.3 is 49.6 Å². The predicted octanol–water partition coefficient (Wildman–Crippen LogP) is -0.245. The molecule has 2 heterocycles. The second kappa shape index (κ2) is 8.30. The van der Waals surface area contributed by atoms with E-state index in [1.165, 1.54) is 30.3 Å². The molecule has 0 unspecified atom stereocenters. The maximum absolute atomic E-state index is 12.5. The van der Waals surface area contributed by atoms with Crippen molar-refractivity contribution in [1.29, 1.82) is 0 Å². The van der Waals surface area contributed by atoms with Gasteiger partial charge in [0.1, 0.15) is 30.2 Å². The molecule has 0 spiro atoms. The van der Waals surface area contributed by atoms with Crippen molar-refractivity contribution in [2.75, 3.05) is 6.61 Å². The maximum Gasteiger partial charge on any atom is 0.229 e. The number of phenolic OH excluding ortho intramolecular Hbond substituents is 3. The minimum Gasteiger partial charge on any atom is -0.504 e. The normalized spacial score (nSPS) is 25.7. The van der Waals surface area contributed by atoms with Crippen molar-refractivity contribution in [2.24, 2.45) is 0 Å². The first-order chi connectivity index (χ1) is 15.2. The Balaban J connectivity index is 1.73. The van der Waals surface area contributed by atoms with Crippen LogP contribution >= 0.6 is 0 Å². The maximum atomic E-state index is 12.5. The minimum absolute atomic E-state index is 0.00963. The number of hydrogen-bond acceptors (Lipinski definition) is 11. The molecule has 0 radical (unpaired) electrons.